The van der Waals surface area contributed by atoms with Crippen molar-refractivity contribution in [3.05, 3.63) is 46.8 Å². The number of aromatic nitrogens is 2. The van der Waals surface area contributed by atoms with E-state index in [1.807, 2.05) is 13.8 Å². The molecule has 0 aliphatic carbocycles. The highest BCUT2D eigenvalue weighted by Crippen LogP contribution is 2.23. The second-order valence-electron chi connectivity index (χ2n) is 10.8. The lowest BCUT2D eigenvalue weighted by Crippen LogP contribution is -2.49. The maximum atomic E-state index is 13.2. The first kappa shape index (κ1) is 31.6. The number of nitrogens with zero attached hydrogens (tertiary/aromatic N) is 4. The molecular weight excluding hydrogens is 562 g/mol. The number of carbonyl (C=O) groups excluding carboxylic acids is 3. The van der Waals surface area contributed by atoms with E-state index in [0.29, 0.717) is 57.9 Å². The lowest BCUT2D eigenvalue weighted by Gasteiger charge is -2.33. The average Bonchev–Trinajstić information content (AvgIpc) is 3.31. The minimum Gasteiger partial charge on any atom is -0.462 e. The predicted octanol–water partition coefficient (Wildman–Crippen LogP) is 1.87. The molecule has 3 heterocycles. The van der Waals surface area contributed by atoms with E-state index in [-0.39, 0.29) is 47.9 Å². The summed E-state index contributed by atoms with van der Waals surface area (Å²) in [7, 11) is -3.83. The third-order valence-electron chi connectivity index (χ3n) is 7.55. The van der Waals surface area contributed by atoms with Crippen LogP contribution in [-0.4, -0.2) is 97.7 Å². The van der Waals surface area contributed by atoms with Crippen LogP contribution in [0.15, 0.2) is 29.2 Å². The van der Waals surface area contributed by atoms with E-state index in [1.54, 1.807) is 9.58 Å². The Morgan fingerprint density at radius 2 is 1.88 bits per heavy atom. The molecular formula is C29H41N5O7S. The summed E-state index contributed by atoms with van der Waals surface area (Å²) in [6.07, 6.45) is 2.70. The predicted molar refractivity (Wildman–Crippen MR) is 155 cm³/mol. The molecule has 2 aromatic rings. The van der Waals surface area contributed by atoms with Crippen LogP contribution >= 0.6 is 0 Å². The van der Waals surface area contributed by atoms with Crippen molar-refractivity contribution in [2.75, 3.05) is 52.5 Å². The van der Waals surface area contributed by atoms with Crippen LogP contribution in [-0.2, 0) is 43.7 Å². The first-order valence-electron chi connectivity index (χ1n) is 14.6. The minimum atomic E-state index is -3.83. The first-order valence-corrected chi connectivity index (χ1v) is 16.0. The lowest BCUT2D eigenvalue weighted by atomic mass is 9.99. The molecule has 0 bridgehead atoms. The number of ether oxygens (including phenoxy) is 2. The van der Waals surface area contributed by atoms with Gasteiger partial charge < -0.3 is 19.7 Å². The van der Waals surface area contributed by atoms with E-state index in [4.69, 9.17) is 14.6 Å². The van der Waals surface area contributed by atoms with Gasteiger partial charge in [-0.1, -0.05) is 13.0 Å². The quantitative estimate of drug-likeness (QED) is 0.451. The number of piperazine rings is 1. The van der Waals surface area contributed by atoms with Gasteiger partial charge in [0.15, 0.2) is 0 Å². The number of amides is 2. The third-order valence-corrected chi connectivity index (χ3v) is 9.44. The maximum Gasteiger partial charge on any atom is 0.338 e. The molecule has 0 spiro atoms. The summed E-state index contributed by atoms with van der Waals surface area (Å²) in [6, 6.07) is 5.84. The fourth-order valence-electron chi connectivity index (χ4n) is 5.24. The molecule has 1 atom stereocenters. The van der Waals surface area contributed by atoms with Crippen molar-refractivity contribution in [1.82, 2.24) is 24.3 Å². The van der Waals surface area contributed by atoms with Gasteiger partial charge in [-0.25, -0.2) is 13.2 Å². The molecule has 4 rings (SSSR count). The second kappa shape index (κ2) is 14.3. The zero-order valence-corrected chi connectivity index (χ0v) is 25.5. The molecule has 0 radical (unpaired) electrons. The van der Waals surface area contributed by atoms with Gasteiger partial charge in [-0.2, -0.15) is 9.40 Å². The van der Waals surface area contributed by atoms with Crippen LogP contribution in [0.4, 0.5) is 0 Å². The third kappa shape index (κ3) is 7.56. The summed E-state index contributed by atoms with van der Waals surface area (Å²) in [5, 5.41) is 7.70. The van der Waals surface area contributed by atoms with Gasteiger partial charge in [0, 0.05) is 65.0 Å². The molecule has 2 amide bonds. The largest absolute Gasteiger partial charge is 0.462 e. The number of nitrogens with one attached hydrogen (secondary N) is 1. The summed E-state index contributed by atoms with van der Waals surface area (Å²) in [6.45, 7) is 8.82. The highest BCUT2D eigenvalue weighted by atomic mass is 32.2. The molecule has 42 heavy (non-hydrogen) atoms. The fourth-order valence-corrected chi connectivity index (χ4v) is 6.71. The summed E-state index contributed by atoms with van der Waals surface area (Å²) in [5.74, 6) is -0.936. The van der Waals surface area contributed by atoms with Gasteiger partial charge in [0.2, 0.25) is 15.9 Å². The smallest absolute Gasteiger partial charge is 0.338 e. The fraction of sp³-hybridized carbons (Fsp3) is 0.586. The van der Waals surface area contributed by atoms with Gasteiger partial charge in [-0.3, -0.25) is 14.3 Å². The molecule has 1 fully saturated rings. The van der Waals surface area contributed by atoms with E-state index in [1.165, 1.54) is 35.5 Å². The Hall–Kier alpha value is -3.29. The molecule has 0 saturated carbocycles. The van der Waals surface area contributed by atoms with Gasteiger partial charge >= 0.3 is 5.97 Å². The van der Waals surface area contributed by atoms with Crippen molar-refractivity contribution in [3.8, 4) is 0 Å². The number of sulfonamides is 1. The van der Waals surface area contributed by atoms with Crippen LogP contribution in [0.25, 0.3) is 0 Å². The maximum absolute atomic E-state index is 13.2. The zero-order chi connectivity index (χ0) is 30.3. The Kier molecular flexibility index (Phi) is 10.7. The Balaban J connectivity index is 1.40. The molecule has 1 saturated heterocycles. The number of carbonyl (C=O) groups is 3. The van der Waals surface area contributed by atoms with E-state index in [2.05, 4.69) is 5.32 Å². The Bertz CT molecular complexity index is 1380. The van der Waals surface area contributed by atoms with Crippen molar-refractivity contribution in [1.29, 1.82) is 0 Å². The van der Waals surface area contributed by atoms with Crippen molar-refractivity contribution in [2.45, 2.75) is 57.9 Å². The summed E-state index contributed by atoms with van der Waals surface area (Å²) in [4.78, 5) is 39.1. The van der Waals surface area contributed by atoms with Crippen LogP contribution in [0.3, 0.4) is 0 Å². The van der Waals surface area contributed by atoms with Gasteiger partial charge in [-0.05, 0) is 56.7 Å². The van der Waals surface area contributed by atoms with Crippen LogP contribution in [0.2, 0.25) is 0 Å². The van der Waals surface area contributed by atoms with Crippen LogP contribution in [0.5, 0.6) is 0 Å². The second-order valence-corrected chi connectivity index (χ2v) is 12.7. The van der Waals surface area contributed by atoms with Gasteiger partial charge in [0.25, 0.3) is 5.91 Å². The van der Waals surface area contributed by atoms with Gasteiger partial charge in [0.1, 0.15) is 5.69 Å². The molecule has 0 unspecified atom stereocenters. The van der Waals surface area contributed by atoms with Crippen molar-refractivity contribution >= 4 is 27.8 Å². The topological polar surface area (TPSA) is 140 Å². The minimum absolute atomic E-state index is 0.00904. The van der Waals surface area contributed by atoms with E-state index in [0.717, 1.165) is 24.1 Å². The number of aryl methyl sites for hydroxylation is 1. The van der Waals surface area contributed by atoms with Crippen LogP contribution in [0.1, 0.15) is 65.7 Å². The summed E-state index contributed by atoms with van der Waals surface area (Å²) >= 11 is 0. The molecule has 1 aromatic heterocycles. The molecule has 1 aromatic carbocycles. The summed E-state index contributed by atoms with van der Waals surface area (Å²) in [5.41, 5.74) is 2.44. The Morgan fingerprint density at radius 1 is 1.14 bits per heavy atom. The number of hydrogen-bond acceptors (Lipinski definition) is 8. The summed E-state index contributed by atoms with van der Waals surface area (Å²) < 4.78 is 40.7. The number of hydrogen-bond donors (Lipinski definition) is 1. The van der Waals surface area contributed by atoms with E-state index < -0.39 is 16.0 Å². The molecule has 1 N–H and O–H groups in total. The monoisotopic (exact) mass is 603 g/mol. The average molecular weight is 604 g/mol. The Morgan fingerprint density at radius 3 is 2.60 bits per heavy atom. The highest BCUT2D eigenvalue weighted by Gasteiger charge is 2.30. The number of rotatable bonds is 8. The number of fused-ring (bicyclic) bond motifs is 1. The molecule has 2 aliphatic heterocycles. The number of esters is 1. The zero-order valence-electron chi connectivity index (χ0n) is 24.6. The first-order chi connectivity index (χ1) is 20.1. The van der Waals surface area contributed by atoms with Crippen LogP contribution < -0.4 is 5.32 Å². The normalized spacial score (nSPS) is 18.0. The molecule has 13 heteroatoms. The highest BCUT2D eigenvalue weighted by molar-refractivity contribution is 7.89. The van der Waals surface area contributed by atoms with Crippen molar-refractivity contribution in [3.63, 3.8) is 0 Å². The van der Waals surface area contributed by atoms with Crippen LogP contribution in [0, 0.1) is 5.92 Å². The van der Waals surface area contributed by atoms with E-state index in [9.17, 15) is 22.8 Å². The van der Waals surface area contributed by atoms with Gasteiger partial charge in [-0.15, -0.1) is 0 Å². The molecule has 2 aliphatic rings. The molecule has 12 nitrogen and oxygen atoms in total. The number of benzene rings is 1. The van der Waals surface area contributed by atoms with E-state index >= 15 is 0 Å². The van der Waals surface area contributed by atoms with Gasteiger partial charge in [0.05, 0.1) is 22.8 Å². The SMILES string of the molecule is CCn1nc(C[C@@H](C)COC(=O)c2cccc(S(=O)(=O)N3CCN(C(C)=O)CC3)c2)c2c1C(=O)NCCCOCCC2. The van der Waals surface area contributed by atoms with Crippen molar-refractivity contribution in [2.24, 2.45) is 5.92 Å². The molecule has 230 valence electrons. The standard InChI is InChI=1S/C29H41N5O7S/c1-4-34-27-25(10-6-16-40-17-7-11-30-28(27)36)26(31-34)18-21(2)20-41-29(37)23-8-5-9-24(19-23)42(38,39)33-14-12-32(13-15-33)22(3)35/h5,8-9,19,21H,4,6-7,10-18,20H2,1-3H3,(H,30,36)/t21-/m1/s1. The lowest BCUT2D eigenvalue weighted by molar-refractivity contribution is -0.129. The Labute approximate surface area is 247 Å². The van der Waals surface area contributed by atoms with Crippen molar-refractivity contribution < 1.29 is 32.3 Å².